The second-order valence-corrected chi connectivity index (χ2v) is 16.3. The Hall–Kier alpha value is -4.62. The molecule has 3 atom stereocenters. The molecular formula is C48H80N6O16. The normalized spacial score (nSPS) is 13.6. The lowest BCUT2D eigenvalue weighted by atomic mass is 9.96. The first-order chi connectivity index (χ1) is 34.0. The topological polar surface area (TPSA) is 283 Å². The smallest absolute Gasteiger partial charge is 0.253 e. The number of carbonyl (C=O) groups excluding carboxylic acids is 6. The van der Waals surface area contributed by atoms with E-state index in [-0.39, 0.29) is 68.7 Å². The summed E-state index contributed by atoms with van der Waals surface area (Å²) in [6.45, 7) is 9.74. The number of amides is 6. The van der Waals surface area contributed by atoms with Crippen LogP contribution in [-0.4, -0.2) is 203 Å². The van der Waals surface area contributed by atoms with E-state index in [1.165, 1.54) is 12.2 Å². The van der Waals surface area contributed by atoms with Crippen molar-refractivity contribution >= 4 is 35.4 Å². The minimum atomic E-state index is -0.866. The van der Waals surface area contributed by atoms with Crippen LogP contribution in [0.25, 0.3) is 0 Å². The molecule has 0 saturated carbocycles. The Bertz CT molecular complexity index is 1610. The van der Waals surface area contributed by atoms with Gasteiger partial charge < -0.3 is 74.7 Å². The van der Waals surface area contributed by atoms with Crippen molar-refractivity contribution in [1.29, 1.82) is 0 Å². The molecule has 0 aromatic heterocycles. The highest BCUT2D eigenvalue weighted by molar-refractivity contribution is 6.12. The molecule has 22 nitrogen and oxygen atoms in total. The van der Waals surface area contributed by atoms with Crippen LogP contribution in [0.3, 0.4) is 0 Å². The minimum Gasteiger partial charge on any atom is -0.508 e. The summed E-state index contributed by atoms with van der Waals surface area (Å²) in [7, 11) is 1.63. The first-order valence-electron chi connectivity index (χ1n) is 24.3. The average Bonchev–Trinajstić information content (AvgIpc) is 3.66. The van der Waals surface area contributed by atoms with Gasteiger partial charge in [-0.15, -0.1) is 0 Å². The molecule has 1 aromatic rings. The van der Waals surface area contributed by atoms with Crippen LogP contribution < -0.4 is 27.0 Å². The number of unbranched alkanes of at least 4 members (excludes halogenated alkanes) is 1. The number of carbonyl (C=O) groups is 6. The Morgan fingerprint density at radius 3 is 1.59 bits per heavy atom. The van der Waals surface area contributed by atoms with E-state index in [2.05, 4.69) is 21.3 Å². The van der Waals surface area contributed by atoms with Gasteiger partial charge in [0.1, 0.15) is 18.4 Å². The number of rotatable bonds is 46. The standard InChI is InChI=1S/C48H80N6O16/c1-38(35-40(49)36-39-9-11-41(55)12-10-39)47(60)51-16-6-17-52-48(61)42(53-43(56)8-5-18-54-45(58)13-14-46(54)59)7-3-4-15-50-44(57)37-70-34-33-69-32-31-68-30-29-67-28-27-66-26-25-65-24-23-64-22-21-63-20-19-62-2/h9-14,38,40,42,55H,3-8,15-37,49H2,1-2H3,(H,50,57)(H,51,60)(H,52,61)(H,53,56)/t38-,40+,42-/m0/s1. The van der Waals surface area contributed by atoms with Crippen molar-refractivity contribution in [2.45, 2.75) is 70.4 Å². The molecule has 1 aliphatic rings. The van der Waals surface area contributed by atoms with Crippen molar-refractivity contribution in [3.05, 3.63) is 42.0 Å². The number of phenols is 1. The highest BCUT2D eigenvalue weighted by Crippen LogP contribution is 2.14. The van der Waals surface area contributed by atoms with Gasteiger partial charge in [-0.2, -0.15) is 0 Å². The Morgan fingerprint density at radius 1 is 0.600 bits per heavy atom. The molecule has 0 unspecified atom stereocenters. The minimum absolute atomic E-state index is 0.00429. The molecular weight excluding hydrogens is 917 g/mol. The highest BCUT2D eigenvalue weighted by Gasteiger charge is 2.24. The van der Waals surface area contributed by atoms with Gasteiger partial charge in [-0.1, -0.05) is 19.1 Å². The van der Waals surface area contributed by atoms with Crippen LogP contribution in [0.5, 0.6) is 5.75 Å². The van der Waals surface area contributed by atoms with E-state index in [4.69, 9.17) is 48.4 Å². The molecule has 0 aliphatic carbocycles. The van der Waals surface area contributed by atoms with Gasteiger partial charge in [0, 0.05) is 63.8 Å². The molecule has 0 saturated heterocycles. The van der Waals surface area contributed by atoms with Gasteiger partial charge in [0.05, 0.1) is 106 Å². The monoisotopic (exact) mass is 997 g/mol. The van der Waals surface area contributed by atoms with Crippen molar-refractivity contribution in [1.82, 2.24) is 26.2 Å². The van der Waals surface area contributed by atoms with Crippen molar-refractivity contribution in [2.75, 3.05) is 146 Å². The molecule has 6 amide bonds. The maximum atomic E-state index is 13.2. The summed E-state index contributed by atoms with van der Waals surface area (Å²) in [6, 6.07) is 5.68. The van der Waals surface area contributed by atoms with Crippen molar-refractivity contribution < 1.29 is 76.5 Å². The van der Waals surface area contributed by atoms with Crippen LogP contribution in [0, 0.1) is 5.92 Å². The number of nitrogens with zero attached hydrogens (tertiary/aromatic N) is 1. The van der Waals surface area contributed by atoms with E-state index >= 15 is 0 Å². The van der Waals surface area contributed by atoms with E-state index in [9.17, 15) is 33.9 Å². The van der Waals surface area contributed by atoms with Crippen LogP contribution in [0.15, 0.2) is 36.4 Å². The number of phenolic OH excluding ortho intramolecular Hbond substituents is 1. The van der Waals surface area contributed by atoms with Crippen LogP contribution in [0.2, 0.25) is 0 Å². The summed E-state index contributed by atoms with van der Waals surface area (Å²) in [5, 5.41) is 20.7. The fraction of sp³-hybridized carbons (Fsp3) is 0.708. The van der Waals surface area contributed by atoms with Crippen LogP contribution in [0.4, 0.5) is 0 Å². The number of imide groups is 1. The molecule has 1 heterocycles. The Kier molecular flexibility index (Phi) is 36.1. The zero-order valence-electron chi connectivity index (χ0n) is 41.3. The van der Waals surface area contributed by atoms with Crippen molar-refractivity contribution in [3.63, 3.8) is 0 Å². The van der Waals surface area contributed by atoms with Gasteiger partial charge in [-0.25, -0.2) is 0 Å². The van der Waals surface area contributed by atoms with E-state index in [0.717, 1.165) is 10.5 Å². The van der Waals surface area contributed by atoms with E-state index < -0.39 is 29.7 Å². The lowest BCUT2D eigenvalue weighted by Crippen LogP contribution is -2.47. The molecule has 22 heteroatoms. The third-order valence-electron chi connectivity index (χ3n) is 10.3. The molecule has 2 rings (SSSR count). The SMILES string of the molecule is COCCOCCOCCOCCOCCOCCOCCOCCOCC(=O)NCCCC[C@H](NC(=O)CCCN1C(=O)C=CC1=O)C(=O)NCCCNC(=O)[C@@H](C)C[C@@H](N)Cc1ccc(O)cc1. The summed E-state index contributed by atoms with van der Waals surface area (Å²) < 4.78 is 48.4. The summed E-state index contributed by atoms with van der Waals surface area (Å²) in [4.78, 5) is 75.8. The molecule has 398 valence electrons. The van der Waals surface area contributed by atoms with Gasteiger partial charge in [0.25, 0.3) is 11.8 Å². The van der Waals surface area contributed by atoms with Gasteiger partial charge in [-0.05, 0) is 62.6 Å². The lowest BCUT2D eigenvalue weighted by Gasteiger charge is -2.20. The van der Waals surface area contributed by atoms with Gasteiger partial charge in [0.15, 0.2) is 0 Å². The summed E-state index contributed by atoms with van der Waals surface area (Å²) in [5.41, 5.74) is 7.23. The maximum Gasteiger partial charge on any atom is 0.253 e. The summed E-state index contributed by atoms with van der Waals surface area (Å²) in [6.07, 6.45) is 5.40. The Balaban J connectivity index is 1.51. The quantitative estimate of drug-likeness (QED) is 0.0375. The highest BCUT2D eigenvalue weighted by atomic mass is 16.6. The number of hydrogen-bond donors (Lipinski definition) is 6. The number of ether oxygens (including phenoxy) is 9. The van der Waals surface area contributed by atoms with Gasteiger partial charge in [0.2, 0.25) is 23.6 Å². The zero-order chi connectivity index (χ0) is 50.9. The number of hydrogen-bond acceptors (Lipinski definition) is 17. The average molecular weight is 997 g/mol. The molecule has 70 heavy (non-hydrogen) atoms. The Morgan fingerprint density at radius 2 is 1.07 bits per heavy atom. The first-order valence-corrected chi connectivity index (χ1v) is 24.3. The second-order valence-electron chi connectivity index (χ2n) is 16.3. The van der Waals surface area contributed by atoms with Crippen molar-refractivity contribution in [2.24, 2.45) is 11.7 Å². The number of methoxy groups -OCH3 is 1. The predicted octanol–water partition coefficient (Wildman–Crippen LogP) is 0.166. The fourth-order valence-electron chi connectivity index (χ4n) is 6.57. The van der Waals surface area contributed by atoms with Crippen molar-refractivity contribution in [3.8, 4) is 5.75 Å². The first kappa shape index (κ1) is 61.5. The van der Waals surface area contributed by atoms with Crippen LogP contribution in [-0.2, 0) is 77.8 Å². The third-order valence-corrected chi connectivity index (χ3v) is 10.3. The molecule has 7 N–H and O–H groups in total. The number of nitrogens with one attached hydrogen (secondary N) is 4. The molecule has 1 aliphatic heterocycles. The molecule has 0 spiro atoms. The molecule has 0 radical (unpaired) electrons. The number of aromatic hydroxyl groups is 1. The van der Waals surface area contributed by atoms with E-state index in [0.29, 0.717) is 151 Å². The zero-order valence-corrected chi connectivity index (χ0v) is 41.3. The molecule has 1 aromatic carbocycles. The van der Waals surface area contributed by atoms with Crippen LogP contribution in [0.1, 0.15) is 57.4 Å². The van der Waals surface area contributed by atoms with Gasteiger partial charge >= 0.3 is 0 Å². The maximum absolute atomic E-state index is 13.2. The number of benzene rings is 1. The van der Waals surface area contributed by atoms with Crippen LogP contribution >= 0.6 is 0 Å². The fourth-order valence-corrected chi connectivity index (χ4v) is 6.57. The van der Waals surface area contributed by atoms with E-state index in [1.54, 1.807) is 38.3 Å². The largest absolute Gasteiger partial charge is 0.508 e. The summed E-state index contributed by atoms with van der Waals surface area (Å²) in [5.74, 6) is -2.27. The third kappa shape index (κ3) is 32.3. The predicted molar refractivity (Wildman–Crippen MR) is 257 cm³/mol. The summed E-state index contributed by atoms with van der Waals surface area (Å²) >= 11 is 0. The molecule has 0 fully saturated rings. The molecule has 0 bridgehead atoms. The number of nitrogens with two attached hydrogens (primary N) is 1. The second kappa shape index (κ2) is 41.0. The Labute approximate surface area is 412 Å². The van der Waals surface area contributed by atoms with E-state index in [1.807, 2.05) is 0 Å². The lowest BCUT2D eigenvalue weighted by molar-refractivity contribution is -0.137. The van der Waals surface area contributed by atoms with Gasteiger partial charge in [-0.3, -0.25) is 33.7 Å².